The zero-order valence-corrected chi connectivity index (χ0v) is 5.39. The third-order valence-corrected chi connectivity index (χ3v) is 2.57. The van der Waals surface area contributed by atoms with E-state index < -0.39 is 0 Å². The molecule has 0 bridgehead atoms. The van der Waals surface area contributed by atoms with Crippen LogP contribution in [0, 0.1) is 11.8 Å². The molecule has 0 spiro atoms. The smallest absolute Gasteiger partial charge is 0.124 e. The minimum atomic E-state index is 0.677. The average Bonchev–Trinajstić information content (AvgIpc) is 2.60. The maximum absolute atomic E-state index is 10.2. The van der Waals surface area contributed by atoms with Gasteiger partial charge in [-0.1, -0.05) is 12.8 Å². The van der Waals surface area contributed by atoms with Gasteiger partial charge < -0.3 is 0 Å². The topological polar surface area (TPSA) is 17.1 Å². The molecule has 2 aliphatic carbocycles. The van der Waals surface area contributed by atoms with Gasteiger partial charge in [-0.3, -0.25) is 0 Å². The molecule has 2 aliphatic rings. The molecule has 0 aromatic carbocycles. The molecule has 2 saturated carbocycles. The van der Waals surface area contributed by atoms with E-state index >= 15 is 0 Å². The van der Waals surface area contributed by atoms with Crippen LogP contribution in [-0.2, 0) is 4.79 Å². The van der Waals surface area contributed by atoms with Gasteiger partial charge in [-0.2, -0.15) is 0 Å². The highest BCUT2D eigenvalue weighted by Gasteiger charge is 2.46. The van der Waals surface area contributed by atoms with Gasteiger partial charge in [-0.05, 0) is 24.7 Å². The molecule has 2 fully saturated rings. The van der Waals surface area contributed by atoms with Crippen LogP contribution in [0.25, 0.3) is 0 Å². The molecular weight excluding hydrogens is 112 g/mol. The molecule has 0 aromatic heterocycles. The summed E-state index contributed by atoms with van der Waals surface area (Å²) in [4.78, 5) is 10.2. The molecule has 1 heteroatoms. The fourth-order valence-corrected chi connectivity index (χ4v) is 1.97. The molecule has 48 valence electrons. The van der Waals surface area contributed by atoms with Crippen LogP contribution in [-0.4, -0.2) is 5.94 Å². The van der Waals surface area contributed by atoms with Crippen molar-refractivity contribution in [2.24, 2.45) is 11.8 Å². The van der Waals surface area contributed by atoms with E-state index in [0.29, 0.717) is 11.8 Å². The highest BCUT2D eigenvalue weighted by molar-refractivity contribution is 5.62. The molecule has 0 amide bonds. The lowest BCUT2D eigenvalue weighted by Crippen LogP contribution is -1.91. The summed E-state index contributed by atoms with van der Waals surface area (Å²) in [6.45, 7) is 0. The first-order valence-electron chi connectivity index (χ1n) is 3.68. The molecule has 2 rings (SSSR count). The summed E-state index contributed by atoms with van der Waals surface area (Å²) in [5.74, 6) is 3.40. The highest BCUT2D eigenvalue weighted by atomic mass is 16.1. The monoisotopic (exact) mass is 122 g/mol. The molecule has 1 nitrogen and oxygen atoms in total. The maximum Gasteiger partial charge on any atom is 0.124 e. The quantitative estimate of drug-likeness (QED) is 0.446. The van der Waals surface area contributed by atoms with Crippen molar-refractivity contribution in [1.82, 2.24) is 0 Å². The molecule has 2 atom stereocenters. The minimum Gasteiger partial charge on any atom is -0.234 e. The standard InChI is InChI=1S/C8H10O/c9-5-8-6-3-1-2-4-7(6)8/h6-7H,1-4H2. The molecule has 0 saturated heterocycles. The Morgan fingerprint density at radius 3 is 2.22 bits per heavy atom. The Balaban J connectivity index is 2.15. The Morgan fingerprint density at radius 2 is 1.78 bits per heavy atom. The van der Waals surface area contributed by atoms with E-state index in [1.54, 1.807) is 0 Å². The molecule has 0 aromatic rings. The summed E-state index contributed by atoms with van der Waals surface area (Å²) in [7, 11) is 0. The first-order chi connectivity index (χ1) is 4.43. The molecule has 2 unspecified atom stereocenters. The van der Waals surface area contributed by atoms with Gasteiger partial charge in [0, 0.05) is 5.57 Å². The van der Waals surface area contributed by atoms with Crippen LogP contribution in [0.2, 0.25) is 0 Å². The largest absolute Gasteiger partial charge is 0.234 e. The summed E-state index contributed by atoms with van der Waals surface area (Å²) >= 11 is 0. The van der Waals surface area contributed by atoms with Crippen molar-refractivity contribution in [3.05, 3.63) is 5.57 Å². The Kier molecular flexibility index (Phi) is 1.000. The van der Waals surface area contributed by atoms with Gasteiger partial charge in [0.05, 0.1) is 0 Å². The summed E-state index contributed by atoms with van der Waals surface area (Å²) in [5.41, 5.74) is 1.09. The molecule has 0 aliphatic heterocycles. The molecule has 0 radical (unpaired) electrons. The third-order valence-electron chi connectivity index (χ3n) is 2.57. The number of rotatable bonds is 0. The Hall–Kier alpha value is -0.550. The fraction of sp³-hybridized carbons (Fsp3) is 0.750. The SMILES string of the molecule is O=C=C1C2CCCCC12. The third kappa shape index (κ3) is 0.650. The van der Waals surface area contributed by atoms with E-state index in [1.165, 1.54) is 25.7 Å². The summed E-state index contributed by atoms with van der Waals surface area (Å²) in [6, 6.07) is 0. The van der Waals surface area contributed by atoms with Crippen molar-refractivity contribution in [1.29, 1.82) is 0 Å². The zero-order chi connectivity index (χ0) is 6.27. The van der Waals surface area contributed by atoms with Crippen LogP contribution in [0.15, 0.2) is 5.57 Å². The van der Waals surface area contributed by atoms with Gasteiger partial charge in [0.2, 0.25) is 0 Å². The van der Waals surface area contributed by atoms with E-state index in [4.69, 9.17) is 0 Å². The number of hydrogen-bond donors (Lipinski definition) is 0. The molecule has 9 heavy (non-hydrogen) atoms. The van der Waals surface area contributed by atoms with Crippen LogP contribution in [0.3, 0.4) is 0 Å². The van der Waals surface area contributed by atoms with Gasteiger partial charge in [-0.25, -0.2) is 4.79 Å². The van der Waals surface area contributed by atoms with Gasteiger partial charge in [0.15, 0.2) is 0 Å². The maximum atomic E-state index is 10.2. The average molecular weight is 122 g/mol. The number of fused-ring (bicyclic) bond motifs is 1. The summed E-state index contributed by atoms with van der Waals surface area (Å²) in [5, 5.41) is 0. The van der Waals surface area contributed by atoms with E-state index in [9.17, 15) is 4.79 Å². The number of hydrogen-bond acceptors (Lipinski definition) is 1. The lowest BCUT2D eigenvalue weighted by atomic mass is 10.0. The van der Waals surface area contributed by atoms with Crippen LogP contribution >= 0.6 is 0 Å². The van der Waals surface area contributed by atoms with E-state index in [2.05, 4.69) is 0 Å². The van der Waals surface area contributed by atoms with Crippen molar-refractivity contribution in [3.63, 3.8) is 0 Å². The second kappa shape index (κ2) is 1.71. The van der Waals surface area contributed by atoms with Crippen LogP contribution < -0.4 is 0 Å². The predicted molar refractivity (Wildman–Crippen MR) is 34.7 cm³/mol. The van der Waals surface area contributed by atoms with Crippen molar-refractivity contribution >= 4 is 5.94 Å². The van der Waals surface area contributed by atoms with E-state index in [0.717, 1.165) is 5.57 Å². The van der Waals surface area contributed by atoms with Crippen molar-refractivity contribution in [3.8, 4) is 0 Å². The molecule has 0 N–H and O–H groups in total. The van der Waals surface area contributed by atoms with Crippen LogP contribution in [0.4, 0.5) is 0 Å². The Labute approximate surface area is 54.8 Å². The second-order valence-corrected chi connectivity index (χ2v) is 3.05. The molecular formula is C8H10O. The lowest BCUT2D eigenvalue weighted by molar-refractivity contribution is 0.480. The van der Waals surface area contributed by atoms with Gasteiger partial charge >= 0.3 is 0 Å². The van der Waals surface area contributed by atoms with E-state index in [-0.39, 0.29) is 0 Å². The lowest BCUT2D eigenvalue weighted by Gasteiger charge is -2.03. The normalized spacial score (nSPS) is 39.3. The summed E-state index contributed by atoms with van der Waals surface area (Å²) < 4.78 is 0. The minimum absolute atomic E-state index is 0.677. The Bertz CT molecular complexity index is 163. The first kappa shape index (κ1) is 5.25. The van der Waals surface area contributed by atoms with E-state index in [1.807, 2.05) is 5.94 Å². The van der Waals surface area contributed by atoms with Gasteiger partial charge in [-0.15, -0.1) is 0 Å². The first-order valence-corrected chi connectivity index (χ1v) is 3.68. The molecule has 0 heterocycles. The number of allylic oxidation sites excluding steroid dienone is 1. The van der Waals surface area contributed by atoms with Crippen LogP contribution in [0.1, 0.15) is 25.7 Å². The van der Waals surface area contributed by atoms with Gasteiger partial charge in [0.25, 0.3) is 0 Å². The predicted octanol–water partition coefficient (Wildman–Crippen LogP) is 1.56. The Morgan fingerprint density at radius 1 is 1.22 bits per heavy atom. The summed E-state index contributed by atoms with van der Waals surface area (Å²) in [6.07, 6.45) is 5.17. The number of carbonyl (C=O) groups excluding carboxylic acids is 1. The fourth-order valence-electron chi connectivity index (χ4n) is 1.97. The second-order valence-electron chi connectivity index (χ2n) is 3.05. The van der Waals surface area contributed by atoms with Gasteiger partial charge in [0.1, 0.15) is 5.94 Å². The van der Waals surface area contributed by atoms with Crippen molar-refractivity contribution in [2.45, 2.75) is 25.7 Å². The highest BCUT2D eigenvalue weighted by Crippen LogP contribution is 2.53. The van der Waals surface area contributed by atoms with Crippen molar-refractivity contribution in [2.75, 3.05) is 0 Å². The van der Waals surface area contributed by atoms with Crippen molar-refractivity contribution < 1.29 is 4.79 Å². The zero-order valence-electron chi connectivity index (χ0n) is 5.39. The van der Waals surface area contributed by atoms with Crippen LogP contribution in [0.5, 0.6) is 0 Å².